The van der Waals surface area contributed by atoms with Crippen molar-refractivity contribution in [2.24, 2.45) is 17.4 Å². The zero-order valence-electron chi connectivity index (χ0n) is 33.6. The molecule has 320 valence electrons. The van der Waals surface area contributed by atoms with E-state index in [4.69, 9.17) is 49.4 Å². The summed E-state index contributed by atoms with van der Waals surface area (Å²) in [5, 5.41) is 12.0. The molecule has 22 heteroatoms. The number of nitrogens with two attached hydrogens (primary N) is 2. The quantitative estimate of drug-likeness (QED) is 0.222. The molecule has 6 N–H and O–H groups in total. The normalized spacial score (nSPS) is 28.5. The van der Waals surface area contributed by atoms with Crippen LogP contribution in [0.3, 0.4) is 0 Å². The van der Waals surface area contributed by atoms with Gasteiger partial charge in [0.25, 0.3) is 22.9 Å². The lowest BCUT2D eigenvalue weighted by atomic mass is 10.1. The van der Waals surface area contributed by atoms with Gasteiger partial charge in [0.15, 0.2) is 35.4 Å². The molecule has 0 bridgehead atoms. The number of hydrogen-bond donors (Lipinski definition) is 4. The van der Waals surface area contributed by atoms with E-state index in [-0.39, 0.29) is 24.8 Å². The number of aromatic nitrogens is 4. The minimum atomic E-state index is -0.998. The Bertz CT molecular complexity index is 1990. The fourth-order valence-corrected chi connectivity index (χ4v) is 6.82. The predicted molar refractivity (Wildman–Crippen MR) is 196 cm³/mol. The molecule has 0 aliphatic carbocycles. The highest BCUT2D eigenvalue weighted by molar-refractivity contribution is 5.90. The van der Waals surface area contributed by atoms with E-state index >= 15 is 0 Å². The van der Waals surface area contributed by atoms with E-state index in [0.717, 1.165) is 4.57 Å². The maximum absolute atomic E-state index is 12.9. The summed E-state index contributed by atoms with van der Waals surface area (Å²) in [5.41, 5.74) is 7.40. The van der Waals surface area contributed by atoms with Crippen LogP contribution in [0.5, 0.6) is 0 Å². The zero-order chi connectivity index (χ0) is 43.1. The SMILES string of the molecule is CC(C)[C@H](NC(=O)OC(C)(C)C)C(=O)OC[C@H]1O[C@@H](n2ccnc(C(N)=O)c2=O)[C@@H]2OC(C)(C)O[C@@H]21.CC1(C)O[C@@H]2[C@H](O1)[C@@H](CO)O[C@H]2n1ccnc(C(N)=O)c1=O. The molecule has 2 aromatic heterocycles. The van der Waals surface area contributed by atoms with E-state index in [9.17, 15) is 33.9 Å². The second-order valence-corrected chi connectivity index (χ2v) is 16.1. The summed E-state index contributed by atoms with van der Waals surface area (Å²) in [6.07, 6.45) is -1.28. The lowest BCUT2D eigenvalue weighted by Gasteiger charge is -2.26. The van der Waals surface area contributed by atoms with Gasteiger partial charge in [-0.15, -0.1) is 0 Å². The number of ether oxygens (including phenoxy) is 8. The number of primary amides is 2. The molecule has 4 aliphatic rings. The maximum Gasteiger partial charge on any atom is 0.408 e. The summed E-state index contributed by atoms with van der Waals surface area (Å²) < 4.78 is 48.1. The van der Waals surface area contributed by atoms with Gasteiger partial charge in [0, 0.05) is 24.8 Å². The molecule has 0 saturated carbocycles. The number of carbonyl (C=O) groups is 4. The largest absolute Gasteiger partial charge is 0.461 e. The van der Waals surface area contributed by atoms with Gasteiger partial charge in [-0.05, 0) is 54.4 Å². The van der Waals surface area contributed by atoms with E-state index < -0.39 is 113 Å². The van der Waals surface area contributed by atoms with Gasteiger partial charge in [0.2, 0.25) is 0 Å². The molecule has 0 radical (unpaired) electrons. The van der Waals surface area contributed by atoms with Gasteiger partial charge in [0.05, 0.1) is 6.61 Å². The number of amides is 3. The molecule has 0 unspecified atom stereocenters. The van der Waals surface area contributed by atoms with Crippen LogP contribution in [0.25, 0.3) is 0 Å². The van der Waals surface area contributed by atoms with E-state index in [0.29, 0.717) is 0 Å². The summed E-state index contributed by atoms with van der Waals surface area (Å²) in [4.78, 5) is 80.4. The molecular formula is C36H51N7O15. The van der Waals surface area contributed by atoms with Crippen LogP contribution in [-0.4, -0.2) is 121 Å². The lowest BCUT2D eigenvalue weighted by molar-refractivity contribution is -0.203. The Morgan fingerprint density at radius 3 is 1.66 bits per heavy atom. The van der Waals surface area contributed by atoms with Crippen LogP contribution in [0, 0.1) is 5.92 Å². The van der Waals surface area contributed by atoms with Gasteiger partial charge in [-0.2, -0.15) is 0 Å². The van der Waals surface area contributed by atoms with Crippen molar-refractivity contribution >= 4 is 23.9 Å². The van der Waals surface area contributed by atoms with Crippen LogP contribution in [0.4, 0.5) is 4.79 Å². The van der Waals surface area contributed by atoms with Crippen LogP contribution in [0.15, 0.2) is 34.4 Å². The van der Waals surface area contributed by atoms with Crippen LogP contribution in [-0.2, 0) is 42.7 Å². The van der Waals surface area contributed by atoms with Crippen molar-refractivity contribution in [3.05, 3.63) is 56.9 Å². The van der Waals surface area contributed by atoms with Gasteiger partial charge < -0.3 is 59.8 Å². The number of alkyl carbamates (subject to hydrolysis) is 1. The summed E-state index contributed by atoms with van der Waals surface area (Å²) in [5.74, 6) is -4.72. The maximum atomic E-state index is 12.9. The molecule has 4 fully saturated rings. The van der Waals surface area contributed by atoms with Gasteiger partial charge in [0.1, 0.15) is 54.9 Å². The summed E-state index contributed by atoms with van der Waals surface area (Å²) in [6.45, 7) is 15.0. The van der Waals surface area contributed by atoms with Crippen molar-refractivity contribution in [2.45, 2.75) is 135 Å². The number of rotatable bonds is 10. The first-order valence-electron chi connectivity index (χ1n) is 18.5. The number of nitrogens with zero attached hydrogens (tertiary/aromatic N) is 4. The monoisotopic (exact) mass is 821 g/mol. The van der Waals surface area contributed by atoms with Gasteiger partial charge in [-0.1, -0.05) is 13.8 Å². The Balaban J connectivity index is 0.000000247. The first kappa shape index (κ1) is 44.3. The summed E-state index contributed by atoms with van der Waals surface area (Å²) >= 11 is 0. The molecule has 0 aromatic carbocycles. The number of aliphatic hydroxyl groups is 1. The molecule has 9 atom stereocenters. The third-order valence-electron chi connectivity index (χ3n) is 9.16. The van der Waals surface area contributed by atoms with Crippen LogP contribution < -0.4 is 27.9 Å². The molecule has 4 aliphatic heterocycles. The second kappa shape index (κ2) is 16.8. The molecule has 3 amide bonds. The van der Waals surface area contributed by atoms with Crippen molar-refractivity contribution in [3.8, 4) is 0 Å². The number of hydrogen-bond acceptors (Lipinski definition) is 17. The minimum absolute atomic E-state index is 0.238. The number of nitrogens with one attached hydrogen (secondary N) is 1. The summed E-state index contributed by atoms with van der Waals surface area (Å²) in [6, 6.07) is -0.967. The van der Waals surface area contributed by atoms with Crippen LogP contribution in [0.1, 0.15) is 95.7 Å². The standard InChI is InChI=1S/C23H34N4O9.C13H17N3O6/c1-11(2)13(26-21(31)36-22(3,4)5)20(30)32-10-12-15-16(35-23(6,7)34-15)19(33-12)27-9-8-25-14(17(24)28)18(27)29;1-13(2)21-8-6(5-17)20-12(9(8)22-13)16-4-3-15-7(10(14)18)11(16)19/h8-9,11-13,15-16,19H,10H2,1-7H3,(H2,24,28)(H,26,31);3-4,6,8-9,12,17H,5H2,1-2H3,(H2,14,18)/t12-,13+,15-,16-,19-;6-,8-,9-,12-/m11/s1. The topological polar surface area (TPSA) is 296 Å². The molecule has 6 heterocycles. The summed E-state index contributed by atoms with van der Waals surface area (Å²) in [7, 11) is 0. The number of aliphatic hydroxyl groups excluding tert-OH is 1. The highest BCUT2D eigenvalue weighted by atomic mass is 16.8. The fraction of sp³-hybridized carbons (Fsp3) is 0.667. The Kier molecular flexibility index (Phi) is 12.8. The molecule has 6 rings (SSSR count). The molecule has 58 heavy (non-hydrogen) atoms. The third kappa shape index (κ3) is 9.71. The molecule has 22 nitrogen and oxygen atoms in total. The minimum Gasteiger partial charge on any atom is -0.461 e. The van der Waals surface area contributed by atoms with Crippen molar-refractivity contribution in [2.75, 3.05) is 13.2 Å². The third-order valence-corrected chi connectivity index (χ3v) is 9.16. The van der Waals surface area contributed by atoms with Gasteiger partial charge in [-0.25, -0.2) is 19.6 Å². The van der Waals surface area contributed by atoms with Gasteiger partial charge in [-0.3, -0.25) is 28.3 Å². The Morgan fingerprint density at radius 1 is 0.810 bits per heavy atom. The van der Waals surface area contributed by atoms with Crippen molar-refractivity contribution < 1.29 is 62.2 Å². The predicted octanol–water partition coefficient (Wildman–Crippen LogP) is -0.396. The molecular weight excluding hydrogens is 770 g/mol. The van der Waals surface area contributed by atoms with Crippen LogP contribution in [0.2, 0.25) is 0 Å². The zero-order valence-corrected chi connectivity index (χ0v) is 33.6. The number of fused-ring (bicyclic) bond motifs is 2. The van der Waals surface area contributed by atoms with Crippen molar-refractivity contribution in [3.63, 3.8) is 0 Å². The average Bonchev–Trinajstić information content (AvgIpc) is 3.81. The second-order valence-electron chi connectivity index (χ2n) is 16.1. The Hall–Kier alpha value is -4.84. The molecule has 2 aromatic rings. The van der Waals surface area contributed by atoms with Crippen molar-refractivity contribution in [1.82, 2.24) is 24.4 Å². The van der Waals surface area contributed by atoms with E-state index in [1.807, 2.05) is 0 Å². The highest BCUT2D eigenvalue weighted by Crippen LogP contribution is 2.44. The average molecular weight is 822 g/mol. The molecule has 0 spiro atoms. The first-order chi connectivity index (χ1) is 26.9. The Morgan fingerprint density at radius 2 is 1.24 bits per heavy atom. The fourth-order valence-electron chi connectivity index (χ4n) is 6.82. The highest BCUT2D eigenvalue weighted by Gasteiger charge is 2.57. The first-order valence-corrected chi connectivity index (χ1v) is 18.5. The number of esters is 1. The Labute approximate surface area is 332 Å². The van der Waals surface area contributed by atoms with E-state index in [1.165, 1.54) is 29.4 Å². The van der Waals surface area contributed by atoms with Crippen molar-refractivity contribution in [1.29, 1.82) is 0 Å². The molecule has 4 saturated heterocycles. The van der Waals surface area contributed by atoms with Gasteiger partial charge >= 0.3 is 12.1 Å². The van der Waals surface area contributed by atoms with Crippen LogP contribution >= 0.6 is 0 Å². The smallest absolute Gasteiger partial charge is 0.408 e. The van der Waals surface area contributed by atoms with E-state index in [2.05, 4.69) is 15.3 Å². The lowest BCUT2D eigenvalue weighted by Crippen LogP contribution is -2.48. The number of carbonyl (C=O) groups excluding carboxylic acids is 4. The van der Waals surface area contributed by atoms with E-state index in [1.54, 1.807) is 62.3 Å².